The van der Waals surface area contributed by atoms with E-state index in [0.717, 1.165) is 16.7 Å². The van der Waals surface area contributed by atoms with E-state index in [-0.39, 0.29) is 17.3 Å². The number of para-hydroxylation sites is 1. The summed E-state index contributed by atoms with van der Waals surface area (Å²) in [6.45, 7) is 4.62. The Kier molecular flexibility index (Phi) is 6.77. The SMILES string of the molecule is CCOc1ccc(C=C2SC(=O)N(CNc3ccccc3F)C2=O)cc1OCC. The summed E-state index contributed by atoms with van der Waals surface area (Å²) in [7, 11) is 0. The van der Waals surface area contributed by atoms with Crippen LogP contribution in [0.15, 0.2) is 47.4 Å². The lowest BCUT2D eigenvalue weighted by atomic mass is 10.2. The number of halogens is 1. The Bertz CT molecular complexity index is 948. The molecule has 6 nitrogen and oxygen atoms in total. The average Bonchev–Trinajstić information content (AvgIpc) is 2.96. The van der Waals surface area contributed by atoms with Crippen LogP contribution in [0.4, 0.5) is 14.9 Å². The highest BCUT2D eigenvalue weighted by atomic mass is 32.2. The van der Waals surface area contributed by atoms with Crippen molar-refractivity contribution < 1.29 is 23.5 Å². The van der Waals surface area contributed by atoms with Crippen molar-refractivity contribution in [3.05, 3.63) is 58.8 Å². The molecule has 1 aliphatic rings. The maximum Gasteiger partial charge on any atom is 0.295 e. The third-order valence-corrected chi connectivity index (χ3v) is 4.95. The lowest BCUT2D eigenvalue weighted by molar-refractivity contribution is -0.122. The quantitative estimate of drug-likeness (QED) is 0.628. The average molecular weight is 416 g/mol. The number of imide groups is 1. The van der Waals surface area contributed by atoms with Crippen molar-refractivity contribution in [2.45, 2.75) is 13.8 Å². The van der Waals surface area contributed by atoms with Crippen molar-refractivity contribution in [3.8, 4) is 11.5 Å². The van der Waals surface area contributed by atoms with Gasteiger partial charge in [0.25, 0.3) is 11.1 Å². The van der Waals surface area contributed by atoms with Gasteiger partial charge >= 0.3 is 0 Å². The van der Waals surface area contributed by atoms with Crippen LogP contribution in [-0.4, -0.2) is 35.9 Å². The number of benzene rings is 2. The Morgan fingerprint density at radius 2 is 1.79 bits per heavy atom. The van der Waals surface area contributed by atoms with Gasteiger partial charge in [0.2, 0.25) is 0 Å². The van der Waals surface area contributed by atoms with E-state index in [1.54, 1.807) is 42.5 Å². The summed E-state index contributed by atoms with van der Waals surface area (Å²) < 4.78 is 24.8. The van der Waals surface area contributed by atoms with E-state index < -0.39 is 17.0 Å². The van der Waals surface area contributed by atoms with Crippen molar-refractivity contribution in [1.82, 2.24) is 4.90 Å². The van der Waals surface area contributed by atoms with Gasteiger partial charge in [-0.25, -0.2) is 4.39 Å². The second-order valence-corrected chi connectivity index (χ2v) is 6.99. The van der Waals surface area contributed by atoms with Gasteiger partial charge in [0, 0.05) is 0 Å². The molecule has 0 radical (unpaired) electrons. The van der Waals surface area contributed by atoms with Crippen LogP contribution < -0.4 is 14.8 Å². The first kappa shape index (κ1) is 20.7. The van der Waals surface area contributed by atoms with E-state index in [9.17, 15) is 14.0 Å². The predicted molar refractivity (Wildman–Crippen MR) is 111 cm³/mol. The number of carbonyl (C=O) groups excluding carboxylic acids is 2. The molecule has 152 valence electrons. The molecule has 2 amide bonds. The van der Waals surface area contributed by atoms with Crippen molar-refractivity contribution in [3.63, 3.8) is 0 Å². The first-order chi connectivity index (χ1) is 14.0. The first-order valence-corrected chi connectivity index (χ1v) is 9.98. The van der Waals surface area contributed by atoms with E-state index in [0.29, 0.717) is 30.3 Å². The number of anilines is 1. The summed E-state index contributed by atoms with van der Waals surface area (Å²) in [5.74, 6) is 0.306. The summed E-state index contributed by atoms with van der Waals surface area (Å²) >= 11 is 0.842. The highest BCUT2D eigenvalue weighted by molar-refractivity contribution is 8.18. The third-order valence-electron chi connectivity index (χ3n) is 4.04. The first-order valence-electron chi connectivity index (χ1n) is 9.17. The Hall–Kier alpha value is -3.00. The van der Waals surface area contributed by atoms with Crippen LogP contribution in [0.3, 0.4) is 0 Å². The number of nitrogens with one attached hydrogen (secondary N) is 1. The monoisotopic (exact) mass is 416 g/mol. The number of ether oxygens (including phenoxy) is 2. The maximum absolute atomic E-state index is 13.7. The standard InChI is InChI=1S/C21H21FN2O4S/c1-3-27-17-10-9-14(11-18(17)28-4-2)12-19-20(25)24(21(26)29-19)13-23-16-8-6-5-7-15(16)22/h5-12,23H,3-4,13H2,1-2H3. The minimum Gasteiger partial charge on any atom is -0.490 e. The van der Waals surface area contributed by atoms with Crippen LogP contribution in [-0.2, 0) is 4.79 Å². The number of hydrogen-bond donors (Lipinski definition) is 1. The zero-order valence-corrected chi connectivity index (χ0v) is 16.9. The number of hydrogen-bond acceptors (Lipinski definition) is 6. The fraction of sp³-hybridized carbons (Fsp3) is 0.238. The van der Waals surface area contributed by atoms with Gasteiger partial charge in [-0.3, -0.25) is 14.5 Å². The third kappa shape index (κ3) is 4.89. The van der Waals surface area contributed by atoms with E-state index in [4.69, 9.17) is 9.47 Å². The topological polar surface area (TPSA) is 67.9 Å². The van der Waals surface area contributed by atoms with Crippen LogP contribution in [0.25, 0.3) is 6.08 Å². The van der Waals surface area contributed by atoms with E-state index >= 15 is 0 Å². The van der Waals surface area contributed by atoms with Gasteiger partial charge in [-0.15, -0.1) is 0 Å². The zero-order chi connectivity index (χ0) is 20.8. The van der Waals surface area contributed by atoms with Crippen LogP contribution >= 0.6 is 11.8 Å². The summed E-state index contributed by atoms with van der Waals surface area (Å²) in [4.78, 5) is 26.2. The van der Waals surface area contributed by atoms with Gasteiger partial charge in [0.05, 0.1) is 30.5 Å². The number of nitrogens with zero attached hydrogens (tertiary/aromatic N) is 1. The molecule has 29 heavy (non-hydrogen) atoms. The fourth-order valence-electron chi connectivity index (χ4n) is 2.71. The van der Waals surface area contributed by atoms with Crippen molar-refractivity contribution in [1.29, 1.82) is 0 Å². The van der Waals surface area contributed by atoms with E-state index in [1.807, 2.05) is 13.8 Å². The van der Waals surface area contributed by atoms with E-state index in [1.165, 1.54) is 6.07 Å². The lowest BCUT2D eigenvalue weighted by Crippen LogP contribution is -2.33. The Morgan fingerprint density at radius 1 is 1.07 bits per heavy atom. The van der Waals surface area contributed by atoms with E-state index in [2.05, 4.69) is 5.32 Å². The van der Waals surface area contributed by atoms with Crippen molar-refractivity contribution in [2.24, 2.45) is 0 Å². The molecule has 1 fully saturated rings. The molecule has 0 spiro atoms. The van der Waals surface area contributed by atoms with Gasteiger partial charge in [-0.2, -0.15) is 0 Å². The number of thioether (sulfide) groups is 1. The van der Waals surface area contributed by atoms with Gasteiger partial charge in [-0.05, 0) is 61.5 Å². The molecule has 1 heterocycles. The molecule has 0 saturated carbocycles. The normalized spacial score (nSPS) is 15.1. The minimum absolute atomic E-state index is 0.115. The van der Waals surface area contributed by atoms with Gasteiger partial charge < -0.3 is 14.8 Å². The molecule has 0 unspecified atom stereocenters. The minimum atomic E-state index is -0.451. The van der Waals surface area contributed by atoms with Crippen LogP contribution in [0.5, 0.6) is 11.5 Å². The molecular formula is C21H21FN2O4S. The summed E-state index contributed by atoms with van der Waals surface area (Å²) in [6.07, 6.45) is 1.63. The predicted octanol–water partition coefficient (Wildman–Crippen LogP) is 4.73. The van der Waals surface area contributed by atoms with Gasteiger partial charge in [0.1, 0.15) is 5.82 Å². The lowest BCUT2D eigenvalue weighted by Gasteiger charge is -2.14. The van der Waals surface area contributed by atoms with Crippen LogP contribution in [0.1, 0.15) is 19.4 Å². The number of carbonyl (C=O) groups is 2. The number of rotatable bonds is 8. The molecule has 3 rings (SSSR count). The summed E-state index contributed by atoms with van der Waals surface area (Å²) in [5.41, 5.74) is 0.938. The molecule has 0 aromatic heterocycles. The molecule has 2 aromatic rings. The zero-order valence-electron chi connectivity index (χ0n) is 16.1. The molecular weight excluding hydrogens is 395 g/mol. The van der Waals surface area contributed by atoms with Crippen LogP contribution in [0.2, 0.25) is 0 Å². The molecule has 2 aromatic carbocycles. The summed E-state index contributed by atoms with van der Waals surface area (Å²) in [6, 6.07) is 11.4. The Balaban J connectivity index is 1.75. The molecule has 0 bridgehead atoms. The molecule has 0 atom stereocenters. The number of amides is 2. The largest absolute Gasteiger partial charge is 0.490 e. The molecule has 1 aliphatic heterocycles. The highest BCUT2D eigenvalue weighted by Gasteiger charge is 2.35. The Labute approximate surface area is 172 Å². The second-order valence-electron chi connectivity index (χ2n) is 6.00. The molecule has 0 aliphatic carbocycles. The smallest absolute Gasteiger partial charge is 0.295 e. The fourth-order valence-corrected chi connectivity index (χ4v) is 3.55. The highest BCUT2D eigenvalue weighted by Crippen LogP contribution is 2.34. The van der Waals surface area contributed by atoms with Gasteiger partial charge in [0.15, 0.2) is 11.5 Å². The second kappa shape index (κ2) is 9.47. The maximum atomic E-state index is 13.7. The van der Waals surface area contributed by atoms with Crippen molar-refractivity contribution >= 4 is 34.7 Å². The molecule has 1 saturated heterocycles. The van der Waals surface area contributed by atoms with Crippen molar-refractivity contribution in [2.75, 3.05) is 25.2 Å². The Morgan fingerprint density at radius 3 is 2.52 bits per heavy atom. The molecule has 1 N–H and O–H groups in total. The molecule has 8 heteroatoms. The summed E-state index contributed by atoms with van der Waals surface area (Å²) in [5, 5.41) is 2.36. The van der Waals surface area contributed by atoms with Gasteiger partial charge in [-0.1, -0.05) is 18.2 Å². The van der Waals surface area contributed by atoms with Crippen LogP contribution in [0, 0.1) is 5.82 Å².